The molecule has 6 rings (SSSR count). The highest BCUT2D eigenvalue weighted by molar-refractivity contribution is 5.97. The number of nitrogens with zero attached hydrogens (tertiary/aromatic N) is 6. The Morgan fingerprint density at radius 1 is 0.976 bits per heavy atom. The van der Waals surface area contributed by atoms with Gasteiger partial charge in [0.15, 0.2) is 0 Å². The highest BCUT2D eigenvalue weighted by Crippen LogP contribution is 2.49. The quantitative estimate of drug-likeness (QED) is 0.239. The first-order chi connectivity index (χ1) is 20.1. The molecule has 0 bridgehead atoms. The number of pyridine rings is 1. The summed E-state index contributed by atoms with van der Waals surface area (Å²) in [4.78, 5) is 4.82. The lowest BCUT2D eigenvalue weighted by molar-refractivity contribution is -0.0729. The van der Waals surface area contributed by atoms with Crippen LogP contribution in [0.15, 0.2) is 54.9 Å². The van der Waals surface area contributed by atoms with Gasteiger partial charge in [-0.3, -0.25) is 4.68 Å². The summed E-state index contributed by atoms with van der Waals surface area (Å²) in [7, 11) is 1.56. The van der Waals surface area contributed by atoms with Crippen molar-refractivity contribution in [2.24, 2.45) is 7.05 Å². The lowest BCUT2D eigenvalue weighted by Crippen LogP contribution is -2.15. The van der Waals surface area contributed by atoms with E-state index in [-0.39, 0.29) is 28.6 Å². The second kappa shape index (κ2) is 12.1. The SMILES string of the molecule is Cn1cc(-c2c3cccn(Cc4ccccc4)c-3nc2-c2c(C(F)F)nn3c2OCCC3)c(OC(F)F)n1.OC(F)F. The summed E-state index contributed by atoms with van der Waals surface area (Å²) in [5, 5.41) is 14.9. The minimum absolute atomic E-state index is 0.0315. The van der Waals surface area contributed by atoms with Gasteiger partial charge in [-0.05, 0) is 17.7 Å². The lowest BCUT2D eigenvalue weighted by atomic mass is 9.98. The molecule has 0 atom stereocenters. The van der Waals surface area contributed by atoms with Crippen LogP contribution in [-0.4, -0.2) is 54.0 Å². The summed E-state index contributed by atoms with van der Waals surface area (Å²) in [5.74, 6) is 0.312. The summed E-state index contributed by atoms with van der Waals surface area (Å²) in [5.41, 5.74) is 1.76. The van der Waals surface area contributed by atoms with Crippen molar-refractivity contribution in [1.29, 1.82) is 0 Å². The van der Waals surface area contributed by atoms with Crippen LogP contribution in [0, 0.1) is 0 Å². The van der Waals surface area contributed by atoms with Gasteiger partial charge in [0.05, 0.1) is 23.4 Å². The zero-order valence-corrected chi connectivity index (χ0v) is 22.0. The average Bonchev–Trinajstić information content (AvgIpc) is 3.61. The maximum absolute atomic E-state index is 14.3. The van der Waals surface area contributed by atoms with Crippen molar-refractivity contribution in [3.8, 4) is 45.5 Å². The van der Waals surface area contributed by atoms with Gasteiger partial charge in [0.1, 0.15) is 11.5 Å². The van der Waals surface area contributed by atoms with E-state index < -0.39 is 25.3 Å². The van der Waals surface area contributed by atoms with Crippen LogP contribution in [0.4, 0.5) is 26.3 Å². The van der Waals surface area contributed by atoms with Crippen molar-refractivity contribution in [2.75, 3.05) is 6.61 Å². The van der Waals surface area contributed by atoms with Gasteiger partial charge in [-0.15, -0.1) is 5.10 Å². The van der Waals surface area contributed by atoms with Gasteiger partial charge in [0.25, 0.3) is 6.43 Å². The van der Waals surface area contributed by atoms with E-state index in [1.807, 2.05) is 41.1 Å². The van der Waals surface area contributed by atoms with E-state index in [1.54, 1.807) is 19.2 Å². The Kier molecular flexibility index (Phi) is 8.38. The number of hydrogen-bond acceptors (Lipinski definition) is 6. The second-order valence-electron chi connectivity index (χ2n) is 9.16. The first kappa shape index (κ1) is 29.0. The highest BCUT2D eigenvalue weighted by Gasteiger charge is 2.35. The first-order valence-electron chi connectivity index (χ1n) is 12.6. The van der Waals surface area contributed by atoms with Crippen molar-refractivity contribution in [1.82, 2.24) is 29.1 Å². The van der Waals surface area contributed by atoms with Gasteiger partial charge in [0, 0.05) is 50.1 Å². The standard InChI is InChI=1S/C26H22F4N6O2.CH2F2O/c1-34-14-17(24(33-34)38-26(29)30)18-16-9-5-10-35(13-15-7-3-2-4-8-15)23(16)31-20(18)19-21(22(27)28)32-36-11-6-12-37-25(19)36;2-1(3)4/h2-5,7-10,14,22,26H,6,11-13H2,1H3;1,4H. The molecule has 3 aliphatic heterocycles. The third-order valence-corrected chi connectivity index (χ3v) is 6.36. The normalized spacial score (nSPS) is 12.9. The predicted molar refractivity (Wildman–Crippen MR) is 138 cm³/mol. The number of alkyl halides is 6. The van der Waals surface area contributed by atoms with Crippen molar-refractivity contribution < 1.29 is 40.9 Å². The van der Waals surface area contributed by atoms with Crippen LogP contribution in [0.25, 0.3) is 33.8 Å². The molecule has 2 aromatic heterocycles. The Balaban J connectivity index is 0.000000830. The van der Waals surface area contributed by atoms with Crippen LogP contribution < -0.4 is 9.47 Å². The molecule has 0 unspecified atom stereocenters. The van der Waals surface area contributed by atoms with Crippen molar-refractivity contribution >= 4 is 0 Å². The van der Waals surface area contributed by atoms with Gasteiger partial charge < -0.3 is 19.1 Å². The Bertz CT molecular complexity index is 1620. The van der Waals surface area contributed by atoms with Gasteiger partial charge in [-0.25, -0.2) is 18.4 Å². The largest absolute Gasteiger partial charge is 0.477 e. The smallest absolute Gasteiger partial charge is 0.388 e. The number of aliphatic hydroxyl groups is 1. The van der Waals surface area contributed by atoms with Crippen LogP contribution in [0.2, 0.25) is 0 Å². The Morgan fingerprint density at radius 3 is 2.40 bits per heavy atom. The highest BCUT2D eigenvalue weighted by atomic mass is 19.3. The van der Waals surface area contributed by atoms with E-state index in [0.717, 1.165) is 5.56 Å². The summed E-state index contributed by atoms with van der Waals surface area (Å²) >= 11 is 0. The van der Waals surface area contributed by atoms with E-state index in [4.69, 9.17) is 19.6 Å². The molecule has 0 fully saturated rings. The minimum atomic E-state index is -3.17. The minimum Gasteiger partial charge on any atom is -0.477 e. The molecule has 0 spiro atoms. The number of rotatable bonds is 7. The van der Waals surface area contributed by atoms with Gasteiger partial charge in [-0.2, -0.15) is 22.7 Å². The summed E-state index contributed by atoms with van der Waals surface area (Å²) < 4.78 is 90.2. The number of aliphatic hydroxyl groups excluding tert-OH is 1. The number of fused-ring (bicyclic) bond motifs is 2. The summed E-state index contributed by atoms with van der Waals surface area (Å²) in [6.45, 7) is -5.11. The molecule has 1 N–H and O–H groups in total. The number of halogens is 6. The first-order valence-corrected chi connectivity index (χ1v) is 12.6. The van der Waals surface area contributed by atoms with Gasteiger partial charge in [-0.1, -0.05) is 30.3 Å². The molecule has 3 aromatic rings. The third-order valence-electron chi connectivity index (χ3n) is 6.36. The number of benzene rings is 1. The van der Waals surface area contributed by atoms with Gasteiger partial charge in [0.2, 0.25) is 11.8 Å². The maximum atomic E-state index is 14.3. The van der Waals surface area contributed by atoms with Crippen molar-refractivity contribution in [3.05, 3.63) is 66.1 Å². The monoisotopic (exact) mass is 594 g/mol. The van der Waals surface area contributed by atoms with Crippen LogP contribution in [-0.2, 0) is 20.1 Å². The Morgan fingerprint density at radius 2 is 1.71 bits per heavy atom. The number of aryl methyl sites for hydroxylation is 2. The summed E-state index contributed by atoms with van der Waals surface area (Å²) in [6, 6.07) is 13.2. The molecule has 1 aromatic carbocycles. The van der Waals surface area contributed by atoms with E-state index in [1.165, 1.54) is 15.6 Å². The van der Waals surface area contributed by atoms with Crippen LogP contribution in [0.3, 0.4) is 0 Å². The van der Waals surface area contributed by atoms with Crippen LogP contribution in [0.1, 0.15) is 24.1 Å². The number of hydrogen-bond donors (Lipinski definition) is 1. The average molecular weight is 595 g/mol. The van der Waals surface area contributed by atoms with Gasteiger partial charge >= 0.3 is 13.2 Å². The molecule has 222 valence electrons. The number of aromatic nitrogens is 6. The molecule has 15 heteroatoms. The van der Waals surface area contributed by atoms with E-state index in [0.29, 0.717) is 43.1 Å². The molecule has 9 nitrogen and oxygen atoms in total. The molecule has 3 aliphatic rings. The van der Waals surface area contributed by atoms with Crippen molar-refractivity contribution in [3.63, 3.8) is 0 Å². The Hall–Kier alpha value is -4.53. The van der Waals surface area contributed by atoms with E-state index >= 15 is 0 Å². The molecule has 5 heterocycles. The fourth-order valence-corrected chi connectivity index (χ4v) is 4.84. The molecule has 0 amide bonds. The fourth-order valence-electron chi connectivity index (χ4n) is 4.84. The molecule has 0 saturated heterocycles. The van der Waals surface area contributed by atoms with E-state index in [2.05, 4.69) is 10.2 Å². The fraction of sp³-hybridized carbons (Fsp3) is 0.296. The predicted octanol–water partition coefficient (Wildman–Crippen LogP) is 5.82. The topological polar surface area (TPSA) is 92.2 Å². The van der Waals surface area contributed by atoms with Crippen LogP contribution >= 0.6 is 0 Å². The lowest BCUT2D eigenvalue weighted by Gasteiger charge is -2.16. The summed E-state index contributed by atoms with van der Waals surface area (Å²) in [6.07, 6.45) is 1.03. The molecular formula is C27H24F6N6O3. The molecular weight excluding hydrogens is 570 g/mol. The second-order valence-corrected chi connectivity index (χ2v) is 9.16. The molecule has 0 saturated carbocycles. The maximum Gasteiger partial charge on any atom is 0.388 e. The zero-order chi connectivity index (χ0) is 30.0. The third kappa shape index (κ3) is 5.91. The Labute approximate surface area is 234 Å². The van der Waals surface area contributed by atoms with Crippen LogP contribution in [0.5, 0.6) is 11.8 Å². The van der Waals surface area contributed by atoms with E-state index in [9.17, 15) is 26.3 Å². The van der Waals surface area contributed by atoms with Crippen molar-refractivity contribution in [2.45, 2.75) is 39.2 Å². The molecule has 0 aliphatic carbocycles. The molecule has 42 heavy (non-hydrogen) atoms. The molecule has 0 radical (unpaired) electrons. The zero-order valence-electron chi connectivity index (χ0n) is 22.0. The number of ether oxygens (including phenoxy) is 2.